The lowest BCUT2D eigenvalue weighted by atomic mass is 9.94. The van der Waals surface area contributed by atoms with Crippen LogP contribution in [0, 0.1) is 11.8 Å². The maximum Gasteiger partial charge on any atom is 0.258 e. The van der Waals surface area contributed by atoms with Crippen molar-refractivity contribution in [1.82, 2.24) is 15.1 Å². The summed E-state index contributed by atoms with van der Waals surface area (Å²) in [5, 5.41) is 2.69. The number of nitrogens with zero attached hydrogens (tertiary/aromatic N) is 2. The van der Waals surface area contributed by atoms with Crippen molar-refractivity contribution in [1.29, 1.82) is 0 Å². The van der Waals surface area contributed by atoms with Crippen LogP contribution in [-0.2, 0) is 9.59 Å². The first-order valence-electron chi connectivity index (χ1n) is 10.5. The molecule has 6 heteroatoms. The topological polar surface area (TPSA) is 61.9 Å². The van der Waals surface area contributed by atoms with Gasteiger partial charge in [-0.25, -0.2) is 0 Å². The molecule has 1 aromatic carbocycles. The lowest BCUT2D eigenvalue weighted by Crippen LogP contribution is -2.48. The van der Waals surface area contributed by atoms with Crippen LogP contribution < -0.4 is 10.1 Å². The second-order valence-corrected chi connectivity index (χ2v) is 8.21. The zero-order valence-electron chi connectivity index (χ0n) is 16.9. The molecule has 0 aliphatic carbocycles. The lowest BCUT2D eigenvalue weighted by Gasteiger charge is -2.37. The lowest BCUT2D eigenvalue weighted by molar-refractivity contribution is -0.134. The average molecular weight is 388 g/mol. The molecular weight excluding hydrogens is 354 g/mol. The third-order valence-corrected chi connectivity index (χ3v) is 5.81. The number of piperidine rings is 2. The van der Waals surface area contributed by atoms with E-state index in [-0.39, 0.29) is 25.0 Å². The minimum Gasteiger partial charge on any atom is -0.484 e. The van der Waals surface area contributed by atoms with Crippen molar-refractivity contribution in [3.63, 3.8) is 0 Å². The Kier molecular flexibility index (Phi) is 7.71. The van der Waals surface area contributed by atoms with Gasteiger partial charge in [0.2, 0.25) is 5.91 Å². The quantitative estimate of drug-likeness (QED) is 0.779. The maximum atomic E-state index is 12.5. The van der Waals surface area contributed by atoms with Crippen molar-refractivity contribution in [2.24, 2.45) is 11.8 Å². The van der Waals surface area contributed by atoms with Crippen LogP contribution in [0.3, 0.4) is 0 Å². The Morgan fingerprint density at radius 2 is 1.86 bits per heavy atom. The van der Waals surface area contributed by atoms with Gasteiger partial charge < -0.3 is 19.9 Å². The zero-order chi connectivity index (χ0) is 19.8. The standard InChI is InChI=1S/C22H33N3O3/c1-18-9-12-24(13-10-18)15-19-6-5-11-25(16-19)22(27)14-23-21(26)17-28-20-7-3-2-4-8-20/h2-4,7-8,18-19H,5-6,9-17H2,1H3,(H,23,26). The summed E-state index contributed by atoms with van der Waals surface area (Å²) in [7, 11) is 0. The van der Waals surface area contributed by atoms with E-state index in [0.717, 1.165) is 32.0 Å². The predicted molar refractivity (Wildman–Crippen MR) is 109 cm³/mol. The molecule has 2 heterocycles. The van der Waals surface area contributed by atoms with Gasteiger partial charge in [0, 0.05) is 19.6 Å². The predicted octanol–water partition coefficient (Wildman–Crippen LogP) is 2.15. The summed E-state index contributed by atoms with van der Waals surface area (Å²) in [5.74, 6) is 1.77. The van der Waals surface area contributed by atoms with Crippen LogP contribution in [-0.4, -0.2) is 67.5 Å². The second-order valence-electron chi connectivity index (χ2n) is 8.21. The van der Waals surface area contributed by atoms with Gasteiger partial charge in [-0.15, -0.1) is 0 Å². The summed E-state index contributed by atoms with van der Waals surface area (Å²) < 4.78 is 5.41. The van der Waals surface area contributed by atoms with Crippen molar-refractivity contribution in [3.8, 4) is 5.75 Å². The molecule has 2 amide bonds. The van der Waals surface area contributed by atoms with E-state index in [2.05, 4.69) is 17.1 Å². The third kappa shape index (κ3) is 6.51. The molecule has 3 rings (SSSR count). The maximum absolute atomic E-state index is 12.5. The number of hydrogen-bond donors (Lipinski definition) is 1. The number of nitrogens with one attached hydrogen (secondary N) is 1. The molecule has 1 atom stereocenters. The molecule has 0 radical (unpaired) electrons. The molecule has 1 unspecified atom stereocenters. The minimum absolute atomic E-state index is 0.00466. The number of benzene rings is 1. The molecule has 0 aromatic heterocycles. The molecule has 6 nitrogen and oxygen atoms in total. The number of carbonyl (C=O) groups is 2. The van der Waals surface area contributed by atoms with Gasteiger partial charge in [0.15, 0.2) is 6.61 Å². The average Bonchev–Trinajstić information content (AvgIpc) is 2.73. The van der Waals surface area contributed by atoms with E-state index in [4.69, 9.17) is 4.74 Å². The van der Waals surface area contributed by atoms with Crippen LogP contribution in [0.5, 0.6) is 5.75 Å². The Hall–Kier alpha value is -2.08. The first-order chi connectivity index (χ1) is 13.6. The van der Waals surface area contributed by atoms with Gasteiger partial charge >= 0.3 is 0 Å². The highest BCUT2D eigenvalue weighted by Crippen LogP contribution is 2.21. The summed E-state index contributed by atoms with van der Waals surface area (Å²) in [4.78, 5) is 28.9. The van der Waals surface area contributed by atoms with Crippen LogP contribution in [0.4, 0.5) is 0 Å². The molecule has 2 saturated heterocycles. The fourth-order valence-electron chi connectivity index (χ4n) is 4.05. The molecular formula is C22H33N3O3. The fourth-order valence-corrected chi connectivity index (χ4v) is 4.05. The van der Waals surface area contributed by atoms with Crippen LogP contribution in [0.2, 0.25) is 0 Å². The van der Waals surface area contributed by atoms with Gasteiger partial charge in [-0.3, -0.25) is 9.59 Å². The van der Waals surface area contributed by atoms with Gasteiger partial charge in [0.1, 0.15) is 5.75 Å². The molecule has 154 valence electrons. The molecule has 0 bridgehead atoms. The Balaban J connectivity index is 1.36. The molecule has 28 heavy (non-hydrogen) atoms. The van der Waals surface area contributed by atoms with E-state index < -0.39 is 0 Å². The fraction of sp³-hybridized carbons (Fsp3) is 0.636. The van der Waals surface area contributed by atoms with Crippen molar-refractivity contribution >= 4 is 11.8 Å². The van der Waals surface area contributed by atoms with Crippen molar-refractivity contribution in [2.45, 2.75) is 32.6 Å². The first kappa shape index (κ1) is 20.6. The van der Waals surface area contributed by atoms with Crippen molar-refractivity contribution in [3.05, 3.63) is 30.3 Å². The Bertz CT molecular complexity index is 629. The third-order valence-electron chi connectivity index (χ3n) is 5.81. The number of ether oxygens (including phenoxy) is 1. The summed E-state index contributed by atoms with van der Waals surface area (Å²) in [5.41, 5.74) is 0. The van der Waals surface area contributed by atoms with E-state index in [0.29, 0.717) is 11.7 Å². The molecule has 0 saturated carbocycles. The van der Waals surface area contributed by atoms with Crippen molar-refractivity contribution < 1.29 is 14.3 Å². The van der Waals surface area contributed by atoms with E-state index in [1.54, 1.807) is 12.1 Å². The molecule has 1 aromatic rings. The number of likely N-dealkylation sites (tertiary alicyclic amines) is 2. The Morgan fingerprint density at radius 1 is 1.11 bits per heavy atom. The molecule has 1 N–H and O–H groups in total. The van der Waals surface area contributed by atoms with Gasteiger partial charge in [-0.05, 0) is 62.7 Å². The summed E-state index contributed by atoms with van der Waals surface area (Å²) in [6, 6.07) is 9.20. The van der Waals surface area contributed by atoms with Crippen LogP contribution >= 0.6 is 0 Å². The van der Waals surface area contributed by atoms with Crippen LogP contribution in [0.25, 0.3) is 0 Å². The van der Waals surface area contributed by atoms with Gasteiger partial charge in [-0.2, -0.15) is 0 Å². The second kappa shape index (κ2) is 10.5. The minimum atomic E-state index is -0.270. The monoisotopic (exact) mass is 387 g/mol. The zero-order valence-corrected chi connectivity index (χ0v) is 16.9. The summed E-state index contributed by atoms with van der Waals surface area (Å²) in [6.07, 6.45) is 4.80. The Labute approximate surface area is 168 Å². The summed E-state index contributed by atoms with van der Waals surface area (Å²) in [6.45, 7) is 7.36. The SMILES string of the molecule is CC1CCN(CC2CCCN(C(=O)CNC(=O)COc3ccccc3)C2)CC1. The van der Waals surface area contributed by atoms with Crippen LogP contribution in [0.15, 0.2) is 30.3 Å². The van der Waals surface area contributed by atoms with E-state index >= 15 is 0 Å². The molecule has 2 aliphatic heterocycles. The largest absolute Gasteiger partial charge is 0.484 e. The van der Waals surface area contributed by atoms with E-state index in [9.17, 15) is 9.59 Å². The normalized spacial score (nSPS) is 21.3. The number of carbonyl (C=O) groups excluding carboxylic acids is 2. The molecule has 2 fully saturated rings. The highest BCUT2D eigenvalue weighted by Gasteiger charge is 2.26. The van der Waals surface area contributed by atoms with Gasteiger partial charge in [0.05, 0.1) is 6.54 Å². The van der Waals surface area contributed by atoms with Gasteiger partial charge in [-0.1, -0.05) is 25.1 Å². The number of para-hydroxylation sites is 1. The summed E-state index contributed by atoms with van der Waals surface area (Å²) >= 11 is 0. The molecule has 2 aliphatic rings. The Morgan fingerprint density at radius 3 is 2.61 bits per heavy atom. The van der Waals surface area contributed by atoms with Crippen LogP contribution in [0.1, 0.15) is 32.6 Å². The molecule has 0 spiro atoms. The van der Waals surface area contributed by atoms with Crippen molar-refractivity contribution in [2.75, 3.05) is 45.9 Å². The smallest absolute Gasteiger partial charge is 0.258 e. The van der Waals surface area contributed by atoms with E-state index in [1.165, 1.54) is 32.4 Å². The van der Waals surface area contributed by atoms with E-state index in [1.807, 2.05) is 23.1 Å². The number of hydrogen-bond acceptors (Lipinski definition) is 4. The highest BCUT2D eigenvalue weighted by molar-refractivity contribution is 5.85. The highest BCUT2D eigenvalue weighted by atomic mass is 16.5. The number of rotatable bonds is 7. The number of amides is 2. The first-order valence-corrected chi connectivity index (χ1v) is 10.5. The van der Waals surface area contributed by atoms with Gasteiger partial charge in [0.25, 0.3) is 5.91 Å².